The first kappa shape index (κ1) is 14.8. The third kappa shape index (κ3) is 3.29. The molecule has 0 saturated carbocycles. The van der Waals surface area contributed by atoms with E-state index in [1.807, 2.05) is 29.8 Å². The maximum Gasteiger partial charge on any atom is 0.127 e. The molecule has 0 aliphatic heterocycles. The number of nitrogens with one attached hydrogen (secondary N) is 1. The maximum atomic E-state index is 5.50. The van der Waals surface area contributed by atoms with Crippen molar-refractivity contribution in [1.82, 2.24) is 10.3 Å². The smallest absolute Gasteiger partial charge is 0.127 e. The molecule has 2 rings (SSSR count). The molecule has 4 nitrogen and oxygen atoms in total. The third-order valence-corrected chi connectivity index (χ3v) is 3.89. The van der Waals surface area contributed by atoms with Gasteiger partial charge in [-0.15, -0.1) is 11.3 Å². The Kier molecular flexibility index (Phi) is 5.38. The Bertz CT molecular complexity index is 529. The van der Waals surface area contributed by atoms with Crippen molar-refractivity contribution in [3.05, 3.63) is 40.3 Å². The van der Waals surface area contributed by atoms with Crippen LogP contribution in [0.2, 0.25) is 0 Å². The van der Waals surface area contributed by atoms with Crippen molar-refractivity contribution in [2.45, 2.75) is 19.4 Å². The van der Waals surface area contributed by atoms with Crippen LogP contribution in [0, 0.1) is 0 Å². The Balaban J connectivity index is 2.37. The molecule has 0 fully saturated rings. The van der Waals surface area contributed by atoms with E-state index in [9.17, 15) is 0 Å². The Labute approximate surface area is 123 Å². The maximum absolute atomic E-state index is 5.50. The van der Waals surface area contributed by atoms with Gasteiger partial charge < -0.3 is 14.8 Å². The fraction of sp³-hybridized carbons (Fsp3) is 0.400. The number of nitrogens with zero attached hydrogens (tertiary/aromatic N) is 1. The van der Waals surface area contributed by atoms with E-state index in [0.29, 0.717) is 0 Å². The van der Waals surface area contributed by atoms with E-state index in [-0.39, 0.29) is 6.04 Å². The van der Waals surface area contributed by atoms with Gasteiger partial charge in [-0.25, -0.2) is 4.98 Å². The molecule has 0 spiro atoms. The number of benzene rings is 1. The van der Waals surface area contributed by atoms with Gasteiger partial charge >= 0.3 is 0 Å². The summed E-state index contributed by atoms with van der Waals surface area (Å²) in [4.78, 5) is 4.43. The fourth-order valence-corrected chi connectivity index (χ4v) is 2.78. The molecule has 0 saturated heterocycles. The second-order valence-electron chi connectivity index (χ2n) is 4.37. The summed E-state index contributed by atoms with van der Waals surface area (Å²) in [5.74, 6) is 1.60. The lowest BCUT2D eigenvalue weighted by Crippen LogP contribution is -2.23. The van der Waals surface area contributed by atoms with Gasteiger partial charge in [0.25, 0.3) is 0 Å². The zero-order valence-electron chi connectivity index (χ0n) is 12.1. The van der Waals surface area contributed by atoms with Crippen LogP contribution in [-0.2, 0) is 0 Å². The lowest BCUT2D eigenvalue weighted by molar-refractivity contribution is 0.387. The molecule has 0 amide bonds. The first-order chi connectivity index (χ1) is 9.80. The Morgan fingerprint density at radius 2 is 2.15 bits per heavy atom. The molecule has 1 unspecified atom stereocenters. The summed E-state index contributed by atoms with van der Waals surface area (Å²) < 4.78 is 10.8. The third-order valence-electron chi connectivity index (χ3n) is 3.05. The Morgan fingerprint density at radius 1 is 1.30 bits per heavy atom. The van der Waals surface area contributed by atoms with Gasteiger partial charge in [-0.2, -0.15) is 0 Å². The van der Waals surface area contributed by atoms with Crippen LogP contribution in [0.4, 0.5) is 0 Å². The lowest BCUT2D eigenvalue weighted by Gasteiger charge is -2.19. The summed E-state index contributed by atoms with van der Waals surface area (Å²) in [6, 6.07) is 5.94. The standard InChI is InChI=1S/C15H20N2O2S/c1-4-7-16-14(15-17-8-9-20-15)12-6-5-11(18-2)10-13(12)19-3/h5-6,8-10,14,16H,4,7H2,1-3H3. The highest BCUT2D eigenvalue weighted by atomic mass is 32.1. The van der Waals surface area contributed by atoms with Crippen LogP contribution in [0.25, 0.3) is 0 Å². The second kappa shape index (κ2) is 7.26. The highest BCUT2D eigenvalue weighted by molar-refractivity contribution is 7.09. The summed E-state index contributed by atoms with van der Waals surface area (Å²) in [5, 5.41) is 6.56. The number of ether oxygens (including phenoxy) is 2. The summed E-state index contributed by atoms with van der Waals surface area (Å²) in [5.41, 5.74) is 1.08. The topological polar surface area (TPSA) is 43.4 Å². The van der Waals surface area contributed by atoms with Crippen molar-refractivity contribution in [3.8, 4) is 11.5 Å². The van der Waals surface area contributed by atoms with Crippen LogP contribution in [0.5, 0.6) is 11.5 Å². The fourth-order valence-electron chi connectivity index (χ4n) is 2.05. The van der Waals surface area contributed by atoms with Crippen LogP contribution in [-0.4, -0.2) is 25.7 Å². The Hall–Kier alpha value is -1.59. The number of methoxy groups -OCH3 is 2. The van der Waals surface area contributed by atoms with Gasteiger partial charge in [-0.3, -0.25) is 0 Å². The van der Waals surface area contributed by atoms with Crippen molar-refractivity contribution in [2.75, 3.05) is 20.8 Å². The molecule has 2 aromatic rings. The number of rotatable bonds is 7. The minimum atomic E-state index is 0.0517. The van der Waals surface area contributed by atoms with Crippen molar-refractivity contribution in [3.63, 3.8) is 0 Å². The molecule has 1 N–H and O–H groups in total. The summed E-state index contributed by atoms with van der Waals surface area (Å²) in [6.45, 7) is 3.08. The van der Waals surface area contributed by atoms with Gasteiger partial charge in [0.1, 0.15) is 16.5 Å². The monoisotopic (exact) mass is 292 g/mol. The molecule has 20 heavy (non-hydrogen) atoms. The predicted octanol–water partition coefficient (Wildman–Crippen LogP) is 3.25. The SMILES string of the molecule is CCCNC(c1nccs1)c1ccc(OC)cc1OC. The van der Waals surface area contributed by atoms with Gasteiger partial charge in [0.05, 0.1) is 20.3 Å². The molecular weight excluding hydrogens is 272 g/mol. The zero-order valence-corrected chi connectivity index (χ0v) is 12.9. The molecular formula is C15H20N2O2S. The highest BCUT2D eigenvalue weighted by Crippen LogP contribution is 2.33. The van der Waals surface area contributed by atoms with Gasteiger partial charge in [0.15, 0.2) is 0 Å². The molecule has 1 aromatic heterocycles. The van der Waals surface area contributed by atoms with Gasteiger partial charge in [0.2, 0.25) is 0 Å². The van der Waals surface area contributed by atoms with Gasteiger partial charge in [0, 0.05) is 23.2 Å². The van der Waals surface area contributed by atoms with Crippen LogP contribution in [0.1, 0.15) is 30.0 Å². The molecule has 5 heteroatoms. The largest absolute Gasteiger partial charge is 0.497 e. The van der Waals surface area contributed by atoms with E-state index in [1.165, 1.54) is 0 Å². The van der Waals surface area contributed by atoms with Crippen LogP contribution < -0.4 is 14.8 Å². The van der Waals surface area contributed by atoms with Gasteiger partial charge in [-0.1, -0.05) is 6.92 Å². The molecule has 0 aliphatic rings. The summed E-state index contributed by atoms with van der Waals surface area (Å²) >= 11 is 1.65. The van der Waals surface area contributed by atoms with E-state index in [4.69, 9.17) is 9.47 Å². The minimum Gasteiger partial charge on any atom is -0.497 e. The first-order valence-electron chi connectivity index (χ1n) is 6.64. The van der Waals surface area contributed by atoms with Crippen LogP contribution in [0.3, 0.4) is 0 Å². The molecule has 0 aliphatic carbocycles. The van der Waals surface area contributed by atoms with E-state index in [0.717, 1.165) is 35.0 Å². The zero-order chi connectivity index (χ0) is 14.4. The van der Waals surface area contributed by atoms with Crippen molar-refractivity contribution in [2.24, 2.45) is 0 Å². The normalized spacial score (nSPS) is 12.2. The van der Waals surface area contributed by atoms with Crippen molar-refractivity contribution >= 4 is 11.3 Å². The van der Waals surface area contributed by atoms with Crippen molar-refractivity contribution < 1.29 is 9.47 Å². The van der Waals surface area contributed by atoms with Crippen LogP contribution >= 0.6 is 11.3 Å². The number of hydrogen-bond acceptors (Lipinski definition) is 5. The van der Waals surface area contributed by atoms with E-state index in [1.54, 1.807) is 25.6 Å². The van der Waals surface area contributed by atoms with E-state index >= 15 is 0 Å². The predicted molar refractivity (Wildman–Crippen MR) is 81.8 cm³/mol. The lowest BCUT2D eigenvalue weighted by atomic mass is 10.1. The molecule has 0 radical (unpaired) electrons. The summed E-state index contributed by atoms with van der Waals surface area (Å²) in [7, 11) is 3.33. The van der Waals surface area contributed by atoms with E-state index in [2.05, 4.69) is 17.2 Å². The van der Waals surface area contributed by atoms with E-state index < -0.39 is 0 Å². The molecule has 0 bridgehead atoms. The molecule has 1 atom stereocenters. The quantitative estimate of drug-likeness (QED) is 0.850. The Morgan fingerprint density at radius 3 is 2.75 bits per heavy atom. The highest BCUT2D eigenvalue weighted by Gasteiger charge is 2.20. The molecule has 1 aromatic carbocycles. The number of thiazole rings is 1. The average molecular weight is 292 g/mol. The van der Waals surface area contributed by atoms with Crippen LogP contribution in [0.15, 0.2) is 29.8 Å². The number of aromatic nitrogens is 1. The average Bonchev–Trinajstić information content (AvgIpc) is 3.02. The van der Waals surface area contributed by atoms with Crippen molar-refractivity contribution in [1.29, 1.82) is 0 Å². The first-order valence-corrected chi connectivity index (χ1v) is 7.52. The van der Waals surface area contributed by atoms with Gasteiger partial charge in [-0.05, 0) is 25.1 Å². The minimum absolute atomic E-state index is 0.0517. The second-order valence-corrected chi connectivity index (χ2v) is 5.29. The number of hydrogen-bond donors (Lipinski definition) is 1. The molecule has 1 heterocycles. The summed E-state index contributed by atoms with van der Waals surface area (Å²) in [6.07, 6.45) is 2.90. The molecule has 108 valence electrons.